The van der Waals surface area contributed by atoms with Gasteiger partial charge in [0, 0.05) is 31.6 Å². The maximum Gasteiger partial charge on any atom is 0.142 e. The number of H-pyrrole nitrogens is 1. The van der Waals surface area contributed by atoms with Crippen LogP contribution in [0.2, 0.25) is 0 Å². The van der Waals surface area contributed by atoms with Crippen LogP contribution in [-0.4, -0.2) is 44.5 Å². The van der Waals surface area contributed by atoms with Crippen LogP contribution in [0.25, 0.3) is 11.0 Å². The monoisotopic (exact) mass is 457 g/mol. The predicted octanol–water partition coefficient (Wildman–Crippen LogP) is 5.17. The second kappa shape index (κ2) is 9.98. The highest BCUT2D eigenvalue weighted by atomic mass is 32.2. The predicted molar refractivity (Wildman–Crippen MR) is 129 cm³/mol. The first-order valence-electron chi connectivity index (χ1n) is 11.4. The van der Waals surface area contributed by atoms with Crippen LogP contribution in [0.5, 0.6) is 0 Å². The summed E-state index contributed by atoms with van der Waals surface area (Å²) in [6, 6.07) is 8.75. The molecule has 1 N–H and O–H groups in total. The van der Waals surface area contributed by atoms with Gasteiger partial charge in [-0.25, -0.2) is 22.9 Å². The number of aromatic nitrogens is 3. The highest BCUT2D eigenvalue weighted by Gasteiger charge is 2.28. The van der Waals surface area contributed by atoms with Crippen molar-refractivity contribution >= 4 is 26.6 Å². The van der Waals surface area contributed by atoms with Crippen LogP contribution in [0.1, 0.15) is 44.6 Å². The molecule has 1 unspecified atom stereocenters. The molecule has 1 aliphatic rings. The second-order valence-electron chi connectivity index (χ2n) is 8.79. The normalized spacial score (nSPS) is 20.7. The van der Waals surface area contributed by atoms with E-state index in [-0.39, 0.29) is 5.82 Å². The summed E-state index contributed by atoms with van der Waals surface area (Å²) in [5.74, 6) is 2.10. The summed E-state index contributed by atoms with van der Waals surface area (Å²) in [4.78, 5) is 14.2. The van der Waals surface area contributed by atoms with Gasteiger partial charge in [-0.3, -0.25) is 0 Å². The van der Waals surface area contributed by atoms with E-state index in [2.05, 4.69) is 38.2 Å². The first-order valence-corrected chi connectivity index (χ1v) is 13.3. The molecular weight excluding hydrogens is 425 g/mol. The number of nitrogens with zero attached hydrogens (tertiary/aromatic N) is 4. The van der Waals surface area contributed by atoms with Gasteiger partial charge in [-0.2, -0.15) is 0 Å². The van der Waals surface area contributed by atoms with Crippen molar-refractivity contribution in [3.05, 3.63) is 54.2 Å². The van der Waals surface area contributed by atoms with Crippen molar-refractivity contribution in [2.45, 2.75) is 50.8 Å². The average Bonchev–Trinajstić information content (AvgIpc) is 3.28. The molecule has 6 nitrogen and oxygen atoms in total. The summed E-state index contributed by atoms with van der Waals surface area (Å²) in [6.45, 7) is 2.66. The van der Waals surface area contributed by atoms with Crippen LogP contribution in [0.4, 0.5) is 10.2 Å². The molecule has 1 aromatic carbocycles. The fraction of sp³-hybridized carbons (Fsp3) is 0.500. The van der Waals surface area contributed by atoms with Gasteiger partial charge in [0.25, 0.3) is 0 Å². The van der Waals surface area contributed by atoms with Gasteiger partial charge >= 0.3 is 0 Å². The Kier molecular flexibility index (Phi) is 7.08. The minimum atomic E-state index is -2.36. The fourth-order valence-electron chi connectivity index (χ4n) is 4.64. The summed E-state index contributed by atoms with van der Waals surface area (Å²) in [6.07, 6.45) is 8.51. The molecule has 1 saturated carbocycles. The number of fused-ring (bicyclic) bond motifs is 1. The smallest absolute Gasteiger partial charge is 0.142 e. The van der Waals surface area contributed by atoms with Crippen LogP contribution in [-0.2, 0) is 15.5 Å². The third-order valence-electron chi connectivity index (χ3n) is 6.38. The van der Waals surface area contributed by atoms with Crippen molar-refractivity contribution in [1.29, 1.82) is 0 Å². The lowest BCUT2D eigenvalue weighted by molar-refractivity contribution is 0.342. The van der Waals surface area contributed by atoms with Crippen LogP contribution < -0.4 is 4.90 Å². The minimum absolute atomic E-state index is 0.270. The van der Waals surface area contributed by atoms with Crippen molar-refractivity contribution in [3.63, 3.8) is 0 Å². The van der Waals surface area contributed by atoms with Crippen molar-refractivity contribution in [1.82, 2.24) is 15.0 Å². The number of anilines is 1. The molecule has 172 valence electrons. The zero-order chi connectivity index (χ0) is 22.6. The van der Waals surface area contributed by atoms with Gasteiger partial charge in [0.2, 0.25) is 0 Å². The van der Waals surface area contributed by atoms with Gasteiger partial charge in [-0.1, -0.05) is 19.1 Å². The van der Waals surface area contributed by atoms with Gasteiger partial charge in [0.05, 0.1) is 20.9 Å². The Morgan fingerprint density at radius 2 is 1.91 bits per heavy atom. The lowest BCUT2D eigenvalue weighted by Gasteiger charge is -2.35. The molecule has 2 aromatic heterocycles. The van der Waals surface area contributed by atoms with Crippen LogP contribution >= 0.6 is 0 Å². The van der Waals surface area contributed by atoms with Gasteiger partial charge in [-0.15, -0.1) is 0 Å². The zero-order valence-corrected chi connectivity index (χ0v) is 19.7. The first-order chi connectivity index (χ1) is 15.5. The van der Waals surface area contributed by atoms with E-state index < -0.39 is 9.73 Å². The molecule has 0 bridgehead atoms. The lowest BCUT2D eigenvalue weighted by Crippen LogP contribution is -2.37. The maximum atomic E-state index is 13.7. The lowest BCUT2D eigenvalue weighted by atomic mass is 9.86. The van der Waals surface area contributed by atoms with Crippen LogP contribution in [0, 0.1) is 11.7 Å². The molecule has 0 saturated heterocycles. The molecule has 4 rings (SSSR count). The Morgan fingerprint density at radius 1 is 1.16 bits per heavy atom. The van der Waals surface area contributed by atoms with Crippen molar-refractivity contribution in [2.24, 2.45) is 10.3 Å². The molecule has 32 heavy (non-hydrogen) atoms. The third-order valence-corrected chi connectivity index (χ3v) is 8.81. The van der Waals surface area contributed by atoms with Gasteiger partial charge < -0.3 is 9.88 Å². The molecule has 1 aliphatic carbocycles. The molecule has 0 spiro atoms. The highest BCUT2D eigenvalue weighted by Crippen LogP contribution is 2.32. The number of aromatic amines is 1. The first kappa shape index (κ1) is 22.7. The van der Waals surface area contributed by atoms with Gasteiger partial charge in [0.15, 0.2) is 0 Å². The molecular formula is C24H32FN5OS. The summed E-state index contributed by atoms with van der Waals surface area (Å²) in [5.41, 5.74) is 1.75. The van der Waals surface area contributed by atoms with E-state index in [1.54, 1.807) is 18.5 Å². The fourth-order valence-corrected chi connectivity index (χ4v) is 7.25. The van der Waals surface area contributed by atoms with E-state index in [1.807, 2.05) is 12.3 Å². The summed E-state index contributed by atoms with van der Waals surface area (Å²) in [7, 11) is -0.259. The Hall–Kier alpha value is -2.48. The molecule has 0 aliphatic heterocycles. The number of rotatable bonds is 8. The molecule has 2 heterocycles. The number of hydrogen-bond donors (Lipinski definition) is 1. The topological polar surface area (TPSA) is 74.2 Å². The highest BCUT2D eigenvalue weighted by molar-refractivity contribution is 7.92. The quantitative estimate of drug-likeness (QED) is 0.506. The number of benzene rings is 1. The molecule has 3 aromatic rings. The van der Waals surface area contributed by atoms with Crippen molar-refractivity contribution in [2.75, 3.05) is 24.2 Å². The summed E-state index contributed by atoms with van der Waals surface area (Å²) in [5, 5.41) is 1.04. The van der Waals surface area contributed by atoms with Crippen LogP contribution in [0.3, 0.4) is 0 Å². The second-order valence-corrected chi connectivity index (χ2v) is 11.2. The number of hydrogen-bond acceptors (Lipinski definition) is 5. The Bertz CT molecular complexity index is 1140. The summed E-state index contributed by atoms with van der Waals surface area (Å²) < 4.78 is 31.6. The van der Waals surface area contributed by atoms with E-state index in [1.165, 1.54) is 12.1 Å². The maximum absolute atomic E-state index is 13.7. The van der Waals surface area contributed by atoms with Gasteiger partial charge in [-0.05, 0) is 61.8 Å². The average molecular weight is 458 g/mol. The molecule has 0 radical (unpaired) electrons. The van der Waals surface area contributed by atoms with E-state index in [4.69, 9.17) is 0 Å². The molecule has 1 fully saturated rings. The zero-order valence-electron chi connectivity index (χ0n) is 18.8. The van der Waals surface area contributed by atoms with E-state index in [9.17, 15) is 8.60 Å². The summed E-state index contributed by atoms with van der Waals surface area (Å²) >= 11 is 0. The molecule has 8 heteroatoms. The standard InChI is InChI=1S/C24H32FN5OS/c1-3-13-29-32(31,15-18-4-8-20(25)9-5-18)16-19-6-10-21(11-7-19)30(2)24-22-12-14-26-23(22)27-17-28-24/h4-5,8-9,12,14,17,19,21H,3,6-7,10-11,13,15-16H2,1-2H3,(H,26,27,28). The van der Waals surface area contributed by atoms with Crippen LogP contribution in [0.15, 0.2) is 47.2 Å². The SMILES string of the molecule is CCCN=S(=O)(Cc1ccc(F)cc1)CC1CCC(N(C)c2ncnc3[nH]ccc23)CC1. The van der Waals surface area contributed by atoms with E-state index in [0.29, 0.717) is 30.0 Å². The Morgan fingerprint density at radius 3 is 2.62 bits per heavy atom. The third kappa shape index (κ3) is 5.28. The van der Waals surface area contributed by atoms with Gasteiger partial charge in [0.1, 0.15) is 23.6 Å². The number of halogens is 1. The largest absolute Gasteiger partial charge is 0.356 e. The number of nitrogens with one attached hydrogen (secondary N) is 1. The Balaban J connectivity index is 1.41. The Labute approximate surface area is 189 Å². The van der Waals surface area contributed by atoms with Crippen molar-refractivity contribution in [3.8, 4) is 0 Å². The van der Waals surface area contributed by atoms with E-state index >= 15 is 0 Å². The van der Waals surface area contributed by atoms with Crippen molar-refractivity contribution < 1.29 is 8.60 Å². The van der Waals surface area contributed by atoms with E-state index in [0.717, 1.165) is 54.5 Å². The molecule has 0 amide bonds. The molecule has 1 atom stereocenters. The minimum Gasteiger partial charge on any atom is -0.356 e.